The van der Waals surface area contributed by atoms with Gasteiger partial charge in [0.15, 0.2) is 0 Å². The van der Waals surface area contributed by atoms with Gasteiger partial charge < -0.3 is 9.47 Å². The summed E-state index contributed by atoms with van der Waals surface area (Å²) in [6.45, 7) is 1.56. The van der Waals surface area contributed by atoms with Crippen molar-refractivity contribution in [1.29, 1.82) is 0 Å². The average Bonchev–Trinajstić information content (AvgIpc) is 3.29. The fourth-order valence-corrected chi connectivity index (χ4v) is 6.21. The van der Waals surface area contributed by atoms with E-state index < -0.39 is 0 Å². The Bertz CT molecular complexity index is 816. The fraction of sp³-hybridized carbons (Fsp3) is 0.391. The van der Waals surface area contributed by atoms with Gasteiger partial charge in [0.25, 0.3) is 0 Å². The number of aryl methyl sites for hydroxylation is 2. The zero-order chi connectivity index (χ0) is 18.1. The predicted octanol–water partition coefficient (Wildman–Crippen LogP) is 6.03. The zero-order valence-electron chi connectivity index (χ0n) is 15.5. The Morgan fingerprint density at radius 3 is 1.89 bits per heavy atom. The maximum absolute atomic E-state index is 6.06. The summed E-state index contributed by atoms with van der Waals surface area (Å²) < 4.78 is 12.1. The summed E-state index contributed by atoms with van der Waals surface area (Å²) in [4.78, 5) is 0. The van der Waals surface area contributed by atoms with Crippen molar-refractivity contribution in [3.8, 4) is 11.5 Å². The fourth-order valence-electron chi connectivity index (χ4n) is 4.32. The molecular weight excluding hydrogens is 372 g/mol. The van der Waals surface area contributed by atoms with Gasteiger partial charge in [0.2, 0.25) is 0 Å². The van der Waals surface area contributed by atoms with E-state index in [0.29, 0.717) is 0 Å². The van der Waals surface area contributed by atoms with Gasteiger partial charge in [-0.15, -0.1) is 0 Å². The molecular formula is C23H24O2S2. The first kappa shape index (κ1) is 17.6. The monoisotopic (exact) mass is 396 g/mol. The van der Waals surface area contributed by atoms with E-state index >= 15 is 0 Å². The molecule has 1 heterocycles. The molecule has 2 nitrogen and oxygen atoms in total. The topological polar surface area (TPSA) is 18.5 Å². The van der Waals surface area contributed by atoms with Crippen molar-refractivity contribution in [2.24, 2.45) is 0 Å². The number of ether oxygens (including phenoxy) is 2. The Morgan fingerprint density at radius 2 is 1.22 bits per heavy atom. The van der Waals surface area contributed by atoms with Crippen molar-refractivity contribution in [2.45, 2.75) is 32.1 Å². The molecule has 0 fully saturated rings. The third kappa shape index (κ3) is 3.62. The molecule has 0 atom stereocenters. The molecule has 27 heavy (non-hydrogen) atoms. The van der Waals surface area contributed by atoms with Crippen molar-refractivity contribution >= 4 is 32.7 Å². The normalized spacial score (nSPS) is 22.1. The maximum atomic E-state index is 6.06. The number of fused-ring (bicyclic) bond motifs is 2. The molecule has 4 heteroatoms. The van der Waals surface area contributed by atoms with Crippen LogP contribution < -0.4 is 9.47 Å². The molecule has 0 saturated heterocycles. The quantitative estimate of drug-likeness (QED) is 0.506. The summed E-state index contributed by atoms with van der Waals surface area (Å²) in [5.41, 5.74) is 8.82. The van der Waals surface area contributed by atoms with Crippen molar-refractivity contribution in [1.82, 2.24) is 0 Å². The summed E-state index contributed by atoms with van der Waals surface area (Å²) in [7, 11) is 3.81. The van der Waals surface area contributed by atoms with E-state index in [1.165, 1.54) is 33.4 Å². The number of rotatable bonds is 0. The number of hydrogen-bond acceptors (Lipinski definition) is 4. The summed E-state index contributed by atoms with van der Waals surface area (Å²) in [6, 6.07) is 13.4. The van der Waals surface area contributed by atoms with E-state index in [-0.39, 0.29) is 0 Å². The highest BCUT2D eigenvalue weighted by atomic mass is 33.1. The van der Waals surface area contributed by atoms with Crippen LogP contribution in [0, 0.1) is 0 Å². The molecule has 140 valence electrons. The highest BCUT2D eigenvalue weighted by molar-refractivity contribution is 8.76. The van der Waals surface area contributed by atoms with Crippen LogP contribution in [0.15, 0.2) is 36.4 Å². The van der Waals surface area contributed by atoms with Gasteiger partial charge in [0, 0.05) is 11.5 Å². The molecule has 0 saturated carbocycles. The van der Waals surface area contributed by atoms with E-state index in [0.717, 1.165) is 68.3 Å². The van der Waals surface area contributed by atoms with Crippen molar-refractivity contribution in [3.05, 3.63) is 58.7 Å². The molecule has 2 aromatic rings. The van der Waals surface area contributed by atoms with Gasteiger partial charge in [-0.2, -0.15) is 0 Å². The van der Waals surface area contributed by atoms with Crippen LogP contribution in [0.4, 0.5) is 0 Å². The molecule has 0 aromatic heterocycles. The second kappa shape index (κ2) is 7.84. The lowest BCUT2D eigenvalue weighted by atomic mass is 9.97. The molecule has 0 radical (unpaired) electrons. The summed E-state index contributed by atoms with van der Waals surface area (Å²) >= 11 is 0. The van der Waals surface area contributed by atoms with Crippen LogP contribution in [-0.2, 0) is 12.8 Å². The molecule has 2 aromatic carbocycles. The second-order valence-electron chi connectivity index (χ2n) is 7.29. The largest absolute Gasteiger partial charge is 0.494 e. The van der Waals surface area contributed by atoms with Gasteiger partial charge >= 0.3 is 0 Å². The smallest absolute Gasteiger partial charge is 0.119 e. The van der Waals surface area contributed by atoms with Gasteiger partial charge in [0.1, 0.15) is 11.5 Å². The standard InChI is InChI=1S/C23H24O2S2/c1-10-24-18-6-2-16-4-8-20(22(16)14-18)21-9-5-17-3-7-19(15-23(17)21)25-11-13-27-26-12-1/h2-3,6-7,14-15H,1,4-5,8-13H2/b21-20-. The Kier molecular flexibility index (Phi) is 5.10. The first-order valence-electron chi connectivity index (χ1n) is 9.87. The predicted molar refractivity (Wildman–Crippen MR) is 117 cm³/mol. The lowest BCUT2D eigenvalue weighted by molar-refractivity contribution is 0.318. The van der Waals surface area contributed by atoms with Crippen molar-refractivity contribution in [2.75, 3.05) is 24.7 Å². The minimum Gasteiger partial charge on any atom is -0.494 e. The van der Waals surface area contributed by atoms with E-state index in [1.54, 1.807) is 0 Å². The second-order valence-corrected chi connectivity index (χ2v) is 9.99. The lowest BCUT2D eigenvalue weighted by Gasteiger charge is -2.12. The zero-order valence-corrected chi connectivity index (χ0v) is 17.1. The van der Waals surface area contributed by atoms with E-state index in [2.05, 4.69) is 36.4 Å². The summed E-state index contributed by atoms with van der Waals surface area (Å²) in [5.74, 6) is 4.16. The van der Waals surface area contributed by atoms with E-state index in [9.17, 15) is 0 Å². The maximum Gasteiger partial charge on any atom is 0.119 e. The molecule has 0 N–H and O–H groups in total. The van der Waals surface area contributed by atoms with Crippen LogP contribution in [0.1, 0.15) is 41.5 Å². The lowest BCUT2D eigenvalue weighted by Crippen LogP contribution is -2.00. The van der Waals surface area contributed by atoms with Crippen molar-refractivity contribution in [3.63, 3.8) is 0 Å². The van der Waals surface area contributed by atoms with Crippen LogP contribution in [0.2, 0.25) is 0 Å². The Hall–Kier alpha value is -1.52. The Morgan fingerprint density at radius 1 is 0.630 bits per heavy atom. The molecule has 0 amide bonds. The highest BCUT2D eigenvalue weighted by Gasteiger charge is 2.26. The average molecular weight is 397 g/mol. The molecule has 1 aliphatic heterocycles. The molecule has 3 aliphatic rings. The van der Waals surface area contributed by atoms with Crippen LogP contribution in [0.25, 0.3) is 11.1 Å². The third-order valence-corrected chi connectivity index (χ3v) is 8.08. The third-order valence-electron chi connectivity index (χ3n) is 5.63. The Balaban J connectivity index is 1.56. The summed E-state index contributed by atoms with van der Waals surface area (Å²) in [5, 5.41) is 0. The van der Waals surface area contributed by atoms with E-state index in [4.69, 9.17) is 9.47 Å². The summed E-state index contributed by atoms with van der Waals surface area (Å²) in [6.07, 6.45) is 5.66. The first-order valence-corrected chi connectivity index (χ1v) is 12.4. The van der Waals surface area contributed by atoms with Gasteiger partial charge in [-0.25, -0.2) is 0 Å². The minimum atomic E-state index is 0.768. The number of benzene rings is 2. The van der Waals surface area contributed by atoms with Crippen LogP contribution in [-0.4, -0.2) is 24.7 Å². The Labute approximate surface area is 169 Å². The molecule has 0 unspecified atom stereocenters. The van der Waals surface area contributed by atoms with E-state index in [1.807, 2.05) is 21.6 Å². The van der Waals surface area contributed by atoms with Gasteiger partial charge in [-0.3, -0.25) is 0 Å². The molecule has 2 aliphatic carbocycles. The van der Waals surface area contributed by atoms with Crippen molar-refractivity contribution < 1.29 is 9.47 Å². The van der Waals surface area contributed by atoms with Gasteiger partial charge in [-0.05, 0) is 89.8 Å². The van der Waals surface area contributed by atoms with Crippen LogP contribution in [0.5, 0.6) is 11.5 Å². The molecule has 0 spiro atoms. The first-order chi connectivity index (χ1) is 13.4. The molecule has 5 rings (SSSR count). The van der Waals surface area contributed by atoms with Crippen LogP contribution >= 0.6 is 21.6 Å². The van der Waals surface area contributed by atoms with Crippen LogP contribution in [0.3, 0.4) is 0 Å². The SMILES string of the molecule is c1cc2c3cc1OCCCSSCCOc1ccc4c(c1)/C(=C\3CC2)CC4. The highest BCUT2D eigenvalue weighted by Crippen LogP contribution is 2.45. The number of hydrogen-bond donors (Lipinski definition) is 0. The minimum absolute atomic E-state index is 0.768. The molecule has 4 bridgehead atoms. The number of allylic oxidation sites excluding steroid dienone is 2. The van der Waals surface area contributed by atoms with Gasteiger partial charge in [-0.1, -0.05) is 33.7 Å². The van der Waals surface area contributed by atoms with Gasteiger partial charge in [0.05, 0.1) is 13.2 Å².